The van der Waals surface area contributed by atoms with E-state index in [0.717, 1.165) is 16.5 Å². The maximum atomic E-state index is 13.0. The highest BCUT2D eigenvalue weighted by Gasteiger charge is 2.23. The van der Waals surface area contributed by atoms with Gasteiger partial charge in [0.15, 0.2) is 11.6 Å². The van der Waals surface area contributed by atoms with Crippen molar-refractivity contribution in [1.29, 1.82) is 0 Å². The third-order valence-corrected chi connectivity index (χ3v) is 5.05. The molecule has 0 radical (unpaired) electrons. The second-order valence-corrected chi connectivity index (χ2v) is 7.27. The number of aromatic nitrogens is 3. The van der Waals surface area contributed by atoms with Crippen LogP contribution in [-0.2, 0) is 4.74 Å². The molecule has 0 saturated carbocycles. The molecule has 8 nitrogen and oxygen atoms in total. The van der Waals surface area contributed by atoms with Gasteiger partial charge in [-0.15, -0.1) is 0 Å². The summed E-state index contributed by atoms with van der Waals surface area (Å²) in [6.45, 7) is 6.31. The van der Waals surface area contributed by atoms with Gasteiger partial charge in [-0.25, -0.2) is 9.78 Å². The van der Waals surface area contributed by atoms with Crippen LogP contribution in [0.3, 0.4) is 0 Å². The lowest BCUT2D eigenvalue weighted by atomic mass is 10.1. The lowest BCUT2D eigenvalue weighted by Crippen LogP contribution is -2.18. The molecule has 4 aromatic rings. The van der Waals surface area contributed by atoms with Crippen LogP contribution in [0.25, 0.3) is 16.7 Å². The van der Waals surface area contributed by atoms with Crippen molar-refractivity contribution < 1.29 is 19.1 Å². The number of para-hydroxylation sites is 1. The molecule has 0 fully saturated rings. The van der Waals surface area contributed by atoms with Crippen molar-refractivity contribution in [2.75, 3.05) is 18.5 Å². The Bertz CT molecular complexity index is 1310. The van der Waals surface area contributed by atoms with Gasteiger partial charge >= 0.3 is 5.97 Å². The van der Waals surface area contributed by atoms with Crippen molar-refractivity contribution in [1.82, 2.24) is 14.8 Å². The van der Waals surface area contributed by atoms with Gasteiger partial charge in [0.2, 0.25) is 0 Å². The van der Waals surface area contributed by atoms with E-state index >= 15 is 0 Å². The van der Waals surface area contributed by atoms with Crippen molar-refractivity contribution >= 4 is 28.6 Å². The number of fused-ring (bicyclic) bond motifs is 1. The number of pyridine rings is 1. The number of rotatable bonds is 7. The van der Waals surface area contributed by atoms with E-state index in [9.17, 15) is 9.59 Å². The van der Waals surface area contributed by atoms with Crippen LogP contribution in [0.2, 0.25) is 0 Å². The van der Waals surface area contributed by atoms with Gasteiger partial charge in [-0.3, -0.25) is 4.79 Å². The van der Waals surface area contributed by atoms with Crippen LogP contribution in [0.5, 0.6) is 5.75 Å². The fraction of sp³-hybridized carbons (Fsp3) is 0.200. The first kappa shape index (κ1) is 22.0. The van der Waals surface area contributed by atoms with Gasteiger partial charge in [0.1, 0.15) is 11.3 Å². The van der Waals surface area contributed by atoms with E-state index < -0.39 is 11.9 Å². The fourth-order valence-corrected chi connectivity index (χ4v) is 3.49. The summed E-state index contributed by atoms with van der Waals surface area (Å²) in [6, 6.07) is 16.4. The zero-order valence-electron chi connectivity index (χ0n) is 18.7. The van der Waals surface area contributed by atoms with Gasteiger partial charge in [0.25, 0.3) is 5.91 Å². The molecule has 2 aromatic heterocycles. The molecular weight excluding hydrogens is 420 g/mol. The fourth-order valence-electron chi connectivity index (χ4n) is 3.49. The van der Waals surface area contributed by atoms with E-state index in [-0.39, 0.29) is 18.0 Å². The smallest absolute Gasteiger partial charge is 0.343 e. The van der Waals surface area contributed by atoms with E-state index in [1.165, 1.54) is 10.9 Å². The summed E-state index contributed by atoms with van der Waals surface area (Å²) in [6.07, 6.45) is 1.37. The van der Waals surface area contributed by atoms with E-state index in [2.05, 4.69) is 15.4 Å². The van der Waals surface area contributed by atoms with Crippen molar-refractivity contribution in [2.45, 2.75) is 20.8 Å². The lowest BCUT2D eigenvalue weighted by molar-refractivity contribution is 0.0527. The summed E-state index contributed by atoms with van der Waals surface area (Å²) >= 11 is 0. The topological polar surface area (TPSA) is 95.3 Å². The van der Waals surface area contributed by atoms with Gasteiger partial charge in [-0.2, -0.15) is 9.78 Å². The second-order valence-electron chi connectivity index (χ2n) is 7.27. The van der Waals surface area contributed by atoms with Gasteiger partial charge in [0, 0.05) is 10.9 Å². The third kappa shape index (κ3) is 4.55. The monoisotopic (exact) mass is 444 g/mol. The van der Waals surface area contributed by atoms with E-state index in [4.69, 9.17) is 9.47 Å². The number of nitrogens with one attached hydrogen (secondary N) is 1. The summed E-state index contributed by atoms with van der Waals surface area (Å²) in [7, 11) is 0. The standard InChI is InChI=1S/C25H24N4O4/c1-4-32-18-12-10-17(11-13-18)24(30)28-23-20(25(31)33-5-2)15-26-29(23)22-14-16(3)19-8-6-7-9-21(19)27-22/h6-15H,4-5H2,1-3H3,(H,28,30). The van der Waals surface area contributed by atoms with Gasteiger partial charge in [0.05, 0.1) is 24.9 Å². The molecule has 2 aromatic carbocycles. The Morgan fingerprint density at radius 1 is 1.03 bits per heavy atom. The predicted molar refractivity (Wildman–Crippen MR) is 125 cm³/mol. The minimum Gasteiger partial charge on any atom is -0.494 e. The Labute approximate surface area is 191 Å². The van der Waals surface area contributed by atoms with Crippen LogP contribution >= 0.6 is 0 Å². The minimum absolute atomic E-state index is 0.142. The summed E-state index contributed by atoms with van der Waals surface area (Å²) in [5.74, 6) is 0.353. The second kappa shape index (κ2) is 9.52. The highest BCUT2D eigenvalue weighted by molar-refractivity contribution is 6.07. The van der Waals surface area contributed by atoms with Crippen molar-refractivity contribution in [2.24, 2.45) is 0 Å². The molecular formula is C25H24N4O4. The Kier molecular flexibility index (Phi) is 6.35. The number of carbonyl (C=O) groups excluding carboxylic acids is 2. The highest BCUT2D eigenvalue weighted by Crippen LogP contribution is 2.25. The molecule has 168 valence electrons. The number of ether oxygens (including phenoxy) is 2. The number of anilines is 1. The molecule has 0 saturated heterocycles. The van der Waals surface area contributed by atoms with Crippen LogP contribution in [0.4, 0.5) is 5.82 Å². The van der Waals surface area contributed by atoms with Crippen LogP contribution in [-0.4, -0.2) is 39.9 Å². The molecule has 1 amide bonds. The quantitative estimate of drug-likeness (QED) is 0.420. The van der Waals surface area contributed by atoms with E-state index in [1.54, 1.807) is 31.2 Å². The van der Waals surface area contributed by atoms with E-state index in [1.807, 2.05) is 44.2 Å². The first-order chi connectivity index (χ1) is 16.0. The highest BCUT2D eigenvalue weighted by atomic mass is 16.5. The maximum Gasteiger partial charge on any atom is 0.343 e. The molecule has 8 heteroatoms. The molecule has 0 aliphatic heterocycles. The zero-order chi connectivity index (χ0) is 23.4. The first-order valence-corrected chi connectivity index (χ1v) is 10.7. The summed E-state index contributed by atoms with van der Waals surface area (Å²) in [5, 5.41) is 8.17. The Morgan fingerprint density at radius 2 is 1.79 bits per heavy atom. The molecule has 0 unspecified atom stereocenters. The Balaban J connectivity index is 1.75. The van der Waals surface area contributed by atoms with Crippen LogP contribution in [0.15, 0.2) is 60.8 Å². The zero-order valence-corrected chi connectivity index (χ0v) is 18.7. The number of benzene rings is 2. The van der Waals surface area contributed by atoms with Crippen molar-refractivity contribution in [3.63, 3.8) is 0 Å². The average molecular weight is 444 g/mol. The lowest BCUT2D eigenvalue weighted by Gasteiger charge is -2.12. The van der Waals surface area contributed by atoms with Crippen LogP contribution in [0, 0.1) is 6.92 Å². The van der Waals surface area contributed by atoms with Crippen LogP contribution in [0.1, 0.15) is 40.1 Å². The molecule has 0 atom stereocenters. The first-order valence-electron chi connectivity index (χ1n) is 10.7. The number of hydrogen-bond donors (Lipinski definition) is 1. The third-order valence-electron chi connectivity index (χ3n) is 5.05. The number of hydrogen-bond acceptors (Lipinski definition) is 6. The molecule has 4 rings (SSSR count). The molecule has 0 aliphatic carbocycles. The normalized spacial score (nSPS) is 10.8. The van der Waals surface area contributed by atoms with Crippen molar-refractivity contribution in [3.8, 4) is 11.6 Å². The SMILES string of the molecule is CCOC(=O)c1cnn(-c2cc(C)c3ccccc3n2)c1NC(=O)c1ccc(OCC)cc1. The van der Waals surface area contributed by atoms with Crippen molar-refractivity contribution in [3.05, 3.63) is 77.5 Å². The molecule has 33 heavy (non-hydrogen) atoms. The molecule has 1 N–H and O–H groups in total. The summed E-state index contributed by atoms with van der Waals surface area (Å²) in [5.41, 5.74) is 2.32. The number of carbonyl (C=O) groups is 2. The van der Waals surface area contributed by atoms with Gasteiger partial charge in [-0.05, 0) is 62.7 Å². The van der Waals surface area contributed by atoms with Gasteiger partial charge in [-0.1, -0.05) is 18.2 Å². The molecule has 0 aliphatic rings. The molecule has 0 spiro atoms. The number of esters is 1. The Hall–Kier alpha value is -4.20. The number of amides is 1. The summed E-state index contributed by atoms with van der Waals surface area (Å²) < 4.78 is 12.0. The predicted octanol–water partition coefficient (Wildman–Crippen LogP) is 4.56. The molecule has 2 heterocycles. The van der Waals surface area contributed by atoms with Gasteiger partial charge < -0.3 is 14.8 Å². The maximum absolute atomic E-state index is 13.0. The average Bonchev–Trinajstić information content (AvgIpc) is 3.23. The Morgan fingerprint density at radius 3 is 2.52 bits per heavy atom. The van der Waals surface area contributed by atoms with Crippen LogP contribution < -0.4 is 10.1 Å². The number of aryl methyl sites for hydroxylation is 1. The largest absolute Gasteiger partial charge is 0.494 e. The van der Waals surface area contributed by atoms with E-state index in [0.29, 0.717) is 23.7 Å². The summed E-state index contributed by atoms with van der Waals surface area (Å²) in [4.78, 5) is 30.2. The molecule has 0 bridgehead atoms. The number of nitrogens with zero attached hydrogens (tertiary/aromatic N) is 3. The minimum atomic E-state index is -0.580.